The van der Waals surface area contributed by atoms with Gasteiger partial charge in [0.2, 0.25) is 5.95 Å². The van der Waals surface area contributed by atoms with Gasteiger partial charge >= 0.3 is 0 Å². The third-order valence-corrected chi connectivity index (χ3v) is 3.05. The highest BCUT2D eigenvalue weighted by atomic mass is 79.9. The van der Waals surface area contributed by atoms with Gasteiger partial charge in [0.25, 0.3) is 0 Å². The number of aromatic nitrogens is 2. The fourth-order valence-electron chi connectivity index (χ4n) is 1.67. The van der Waals surface area contributed by atoms with E-state index in [0.29, 0.717) is 0 Å². The molecule has 0 fully saturated rings. The average Bonchev–Trinajstić information content (AvgIpc) is 2.59. The largest absolute Gasteiger partial charge is 0.358 e. The van der Waals surface area contributed by atoms with Crippen LogP contribution in [0.5, 0.6) is 0 Å². The first-order valence-electron chi connectivity index (χ1n) is 5.12. The van der Waals surface area contributed by atoms with Crippen LogP contribution in [-0.4, -0.2) is 16.6 Å². The summed E-state index contributed by atoms with van der Waals surface area (Å²) < 4.78 is 3.11. The molecule has 0 amide bonds. The van der Waals surface area contributed by atoms with E-state index in [1.807, 2.05) is 24.7 Å². The molecule has 1 heterocycles. The van der Waals surface area contributed by atoms with Gasteiger partial charge in [0.15, 0.2) is 0 Å². The Hall–Kier alpha value is -1.29. The Morgan fingerprint density at radius 3 is 2.69 bits per heavy atom. The summed E-state index contributed by atoms with van der Waals surface area (Å²) in [5.74, 6) is 0.849. The molecule has 1 N–H and O–H groups in total. The lowest BCUT2D eigenvalue weighted by Crippen LogP contribution is -2.01. The lowest BCUT2D eigenvalue weighted by Gasteiger charge is -2.09. The van der Waals surface area contributed by atoms with Crippen LogP contribution in [0.3, 0.4) is 0 Å². The van der Waals surface area contributed by atoms with Crippen LogP contribution >= 0.6 is 15.9 Å². The first-order valence-corrected chi connectivity index (χ1v) is 5.91. The Morgan fingerprint density at radius 1 is 1.31 bits per heavy atom. The second-order valence-electron chi connectivity index (χ2n) is 3.78. The Morgan fingerprint density at radius 2 is 2.06 bits per heavy atom. The van der Waals surface area contributed by atoms with E-state index in [4.69, 9.17) is 0 Å². The van der Waals surface area contributed by atoms with Gasteiger partial charge in [-0.3, -0.25) is 4.57 Å². The van der Waals surface area contributed by atoms with Crippen LogP contribution in [0.4, 0.5) is 5.95 Å². The van der Waals surface area contributed by atoms with Crippen LogP contribution in [-0.2, 0) is 0 Å². The molecule has 0 atom stereocenters. The van der Waals surface area contributed by atoms with Crippen molar-refractivity contribution in [2.75, 3.05) is 12.4 Å². The highest BCUT2D eigenvalue weighted by Gasteiger charge is 2.08. The lowest BCUT2D eigenvalue weighted by molar-refractivity contribution is 1.05. The molecule has 2 rings (SSSR count). The molecule has 0 saturated heterocycles. The topological polar surface area (TPSA) is 29.9 Å². The van der Waals surface area contributed by atoms with Crippen molar-refractivity contribution in [1.29, 1.82) is 0 Å². The molecule has 1 aromatic carbocycles. The zero-order chi connectivity index (χ0) is 11.7. The van der Waals surface area contributed by atoms with Crippen LogP contribution in [0.15, 0.2) is 28.9 Å². The van der Waals surface area contributed by atoms with Gasteiger partial charge in [0, 0.05) is 17.7 Å². The normalized spacial score (nSPS) is 10.5. The summed E-state index contributed by atoms with van der Waals surface area (Å²) in [5.41, 5.74) is 3.32. The van der Waals surface area contributed by atoms with E-state index in [1.54, 1.807) is 0 Å². The molecule has 2 aromatic rings. The van der Waals surface area contributed by atoms with Gasteiger partial charge in [0.05, 0.1) is 11.4 Å². The summed E-state index contributed by atoms with van der Waals surface area (Å²) in [6.45, 7) is 4.06. The maximum absolute atomic E-state index is 4.40. The van der Waals surface area contributed by atoms with Gasteiger partial charge in [-0.25, -0.2) is 4.98 Å². The Balaban J connectivity index is 2.57. The monoisotopic (exact) mass is 279 g/mol. The molecular weight excluding hydrogens is 266 g/mol. The number of aryl methyl sites for hydroxylation is 2. The zero-order valence-electron chi connectivity index (χ0n) is 9.58. The fourth-order valence-corrected chi connectivity index (χ4v) is 2.35. The van der Waals surface area contributed by atoms with Crippen LogP contribution in [0.2, 0.25) is 0 Å². The molecule has 4 heteroatoms. The minimum absolute atomic E-state index is 0.849. The van der Waals surface area contributed by atoms with Gasteiger partial charge in [-0.1, -0.05) is 6.07 Å². The second kappa shape index (κ2) is 4.29. The van der Waals surface area contributed by atoms with Crippen molar-refractivity contribution < 1.29 is 0 Å². The number of hydrogen-bond donors (Lipinski definition) is 1. The van der Waals surface area contributed by atoms with Crippen molar-refractivity contribution in [3.8, 4) is 5.69 Å². The van der Waals surface area contributed by atoms with Crippen molar-refractivity contribution in [3.05, 3.63) is 40.1 Å². The van der Waals surface area contributed by atoms with Crippen molar-refractivity contribution in [2.45, 2.75) is 13.8 Å². The standard InChI is InChI=1S/C12H14BrN3/c1-8-4-5-11(10(13)6-8)16-7-9(2)15-12(16)14-3/h4-7H,1-3H3,(H,14,15). The first-order chi connectivity index (χ1) is 7.61. The lowest BCUT2D eigenvalue weighted by atomic mass is 10.2. The predicted molar refractivity (Wildman–Crippen MR) is 70.3 cm³/mol. The Kier molecular flexibility index (Phi) is 3.01. The van der Waals surface area contributed by atoms with Crippen molar-refractivity contribution in [2.24, 2.45) is 0 Å². The number of rotatable bonds is 2. The highest BCUT2D eigenvalue weighted by Crippen LogP contribution is 2.25. The van der Waals surface area contributed by atoms with E-state index in [2.05, 4.69) is 51.4 Å². The molecule has 0 aliphatic heterocycles. The SMILES string of the molecule is CNc1nc(C)cn1-c1ccc(C)cc1Br. The molecule has 0 radical (unpaired) electrons. The number of halogens is 1. The van der Waals surface area contributed by atoms with Crippen LogP contribution in [0.25, 0.3) is 5.69 Å². The molecule has 0 saturated carbocycles. The fraction of sp³-hybridized carbons (Fsp3) is 0.250. The van der Waals surface area contributed by atoms with Gasteiger partial charge < -0.3 is 5.32 Å². The third kappa shape index (κ3) is 1.97. The molecule has 0 spiro atoms. The van der Waals surface area contributed by atoms with Gasteiger partial charge in [-0.15, -0.1) is 0 Å². The summed E-state index contributed by atoms with van der Waals surface area (Å²) in [5, 5.41) is 3.09. The quantitative estimate of drug-likeness (QED) is 0.914. The number of nitrogens with one attached hydrogen (secondary N) is 1. The van der Waals surface area contributed by atoms with Gasteiger partial charge in [0.1, 0.15) is 0 Å². The second-order valence-corrected chi connectivity index (χ2v) is 4.64. The maximum atomic E-state index is 4.40. The number of benzene rings is 1. The van der Waals surface area contributed by atoms with Crippen LogP contribution in [0, 0.1) is 13.8 Å². The Labute approximate surface area is 104 Å². The third-order valence-electron chi connectivity index (χ3n) is 2.41. The van der Waals surface area contributed by atoms with E-state index in [1.165, 1.54) is 5.56 Å². The Bertz CT molecular complexity index is 517. The minimum Gasteiger partial charge on any atom is -0.358 e. The van der Waals surface area contributed by atoms with E-state index in [-0.39, 0.29) is 0 Å². The number of nitrogens with zero attached hydrogens (tertiary/aromatic N) is 2. The molecule has 16 heavy (non-hydrogen) atoms. The predicted octanol–water partition coefficient (Wildman–Crippen LogP) is 3.29. The molecular formula is C12H14BrN3. The van der Waals surface area contributed by atoms with E-state index >= 15 is 0 Å². The molecule has 0 aliphatic rings. The van der Waals surface area contributed by atoms with Gasteiger partial charge in [-0.2, -0.15) is 0 Å². The highest BCUT2D eigenvalue weighted by molar-refractivity contribution is 9.10. The molecule has 1 aromatic heterocycles. The average molecular weight is 280 g/mol. The number of anilines is 1. The summed E-state index contributed by atoms with van der Waals surface area (Å²) in [6, 6.07) is 6.28. The van der Waals surface area contributed by atoms with Crippen LogP contribution < -0.4 is 5.32 Å². The summed E-state index contributed by atoms with van der Waals surface area (Å²) in [6.07, 6.45) is 2.02. The van der Waals surface area contributed by atoms with Crippen molar-refractivity contribution >= 4 is 21.9 Å². The molecule has 0 unspecified atom stereocenters. The summed E-state index contributed by atoms with van der Waals surface area (Å²) in [7, 11) is 1.88. The maximum Gasteiger partial charge on any atom is 0.207 e. The first kappa shape index (κ1) is 11.2. The zero-order valence-corrected chi connectivity index (χ0v) is 11.2. The number of imidazole rings is 1. The van der Waals surface area contributed by atoms with E-state index < -0.39 is 0 Å². The summed E-state index contributed by atoms with van der Waals surface area (Å²) in [4.78, 5) is 4.40. The molecule has 0 aliphatic carbocycles. The molecule has 3 nitrogen and oxygen atoms in total. The minimum atomic E-state index is 0.849. The number of hydrogen-bond acceptors (Lipinski definition) is 2. The van der Waals surface area contributed by atoms with Crippen molar-refractivity contribution in [3.63, 3.8) is 0 Å². The van der Waals surface area contributed by atoms with Gasteiger partial charge in [-0.05, 0) is 47.5 Å². The van der Waals surface area contributed by atoms with E-state index in [0.717, 1.165) is 21.8 Å². The smallest absolute Gasteiger partial charge is 0.207 e. The van der Waals surface area contributed by atoms with E-state index in [9.17, 15) is 0 Å². The molecule has 0 bridgehead atoms. The molecule has 84 valence electrons. The van der Waals surface area contributed by atoms with Crippen molar-refractivity contribution in [1.82, 2.24) is 9.55 Å². The summed E-state index contributed by atoms with van der Waals surface area (Å²) >= 11 is 3.58. The van der Waals surface area contributed by atoms with Crippen LogP contribution in [0.1, 0.15) is 11.3 Å².